The van der Waals surface area contributed by atoms with Crippen LogP contribution in [0.5, 0.6) is 0 Å². The van der Waals surface area contributed by atoms with E-state index >= 15 is 0 Å². The topological polar surface area (TPSA) is 97.5 Å². The third kappa shape index (κ3) is 3.04. The molecule has 1 aliphatic heterocycles. The van der Waals surface area contributed by atoms with Crippen LogP contribution in [0.3, 0.4) is 0 Å². The van der Waals surface area contributed by atoms with Crippen molar-refractivity contribution >= 4 is 25.5 Å². The van der Waals surface area contributed by atoms with Crippen LogP contribution in [0.1, 0.15) is 12.5 Å². The van der Waals surface area contributed by atoms with Gasteiger partial charge >= 0.3 is 0 Å². The lowest BCUT2D eigenvalue weighted by atomic mass is 10.2. The van der Waals surface area contributed by atoms with E-state index in [2.05, 4.69) is 0 Å². The van der Waals surface area contributed by atoms with Crippen LogP contribution in [0.2, 0.25) is 0 Å². The van der Waals surface area contributed by atoms with E-state index in [0.29, 0.717) is 0 Å². The number of sulfone groups is 1. The number of hydrogen-bond acceptors (Lipinski definition) is 5. The molecular weight excluding hydrogens is 319 g/mol. The molecule has 1 fully saturated rings. The van der Waals surface area contributed by atoms with Crippen molar-refractivity contribution < 1.29 is 21.2 Å². The third-order valence-corrected chi connectivity index (χ3v) is 7.44. The maximum absolute atomic E-state index is 13.4. The molecule has 6 nitrogen and oxygen atoms in total. The Morgan fingerprint density at radius 3 is 2.57 bits per heavy atom. The van der Waals surface area contributed by atoms with E-state index in [4.69, 9.17) is 5.73 Å². The minimum Gasteiger partial charge on any atom is -0.396 e. The summed E-state index contributed by atoms with van der Waals surface area (Å²) in [6.45, 7) is 2.90. The number of nitrogens with zero attached hydrogens (tertiary/aromatic N) is 1. The second-order valence-electron chi connectivity index (χ2n) is 5.22. The molecule has 1 heterocycles. The van der Waals surface area contributed by atoms with Crippen LogP contribution in [0.15, 0.2) is 17.0 Å². The first-order valence-corrected chi connectivity index (χ1v) is 9.58. The highest BCUT2D eigenvalue weighted by Crippen LogP contribution is 2.27. The van der Waals surface area contributed by atoms with Crippen molar-refractivity contribution in [2.45, 2.75) is 24.8 Å². The van der Waals surface area contributed by atoms with Crippen molar-refractivity contribution in [2.24, 2.45) is 0 Å². The maximum Gasteiger partial charge on any atom is 0.243 e. The van der Waals surface area contributed by atoms with Gasteiger partial charge in [0.1, 0.15) is 5.82 Å². The Morgan fingerprint density at radius 2 is 2.00 bits per heavy atom. The van der Waals surface area contributed by atoms with E-state index in [0.717, 1.165) is 16.4 Å². The van der Waals surface area contributed by atoms with Crippen LogP contribution in [0.25, 0.3) is 0 Å². The molecule has 2 rings (SSSR count). The van der Waals surface area contributed by atoms with Gasteiger partial charge in [0.05, 0.1) is 22.1 Å². The molecule has 0 spiro atoms. The first-order chi connectivity index (χ1) is 9.54. The predicted octanol–water partition coefficient (Wildman–Crippen LogP) is 0.524. The van der Waals surface area contributed by atoms with E-state index in [1.54, 1.807) is 0 Å². The molecule has 1 aromatic rings. The van der Waals surface area contributed by atoms with E-state index in [1.807, 2.05) is 0 Å². The summed E-state index contributed by atoms with van der Waals surface area (Å²) in [6.07, 6.45) is 0. The maximum atomic E-state index is 13.4. The SMILES string of the molecule is Cc1cc(F)c(N)cc1S(=O)(=O)N1CCS(=O)(=O)CC1C. The van der Waals surface area contributed by atoms with Gasteiger partial charge in [0, 0.05) is 12.6 Å². The molecule has 1 saturated heterocycles. The van der Waals surface area contributed by atoms with Gasteiger partial charge in [-0.2, -0.15) is 4.31 Å². The molecule has 1 aromatic carbocycles. The summed E-state index contributed by atoms with van der Waals surface area (Å²) >= 11 is 0. The fourth-order valence-corrected chi connectivity index (χ4v) is 6.05. The van der Waals surface area contributed by atoms with Gasteiger partial charge in [-0.3, -0.25) is 0 Å². The van der Waals surface area contributed by atoms with Crippen molar-refractivity contribution in [3.05, 3.63) is 23.5 Å². The number of benzene rings is 1. The summed E-state index contributed by atoms with van der Waals surface area (Å²) in [5.41, 5.74) is 5.42. The molecule has 0 aromatic heterocycles. The van der Waals surface area contributed by atoms with Crippen molar-refractivity contribution in [2.75, 3.05) is 23.8 Å². The van der Waals surface area contributed by atoms with Gasteiger partial charge < -0.3 is 5.73 Å². The number of rotatable bonds is 2. The predicted molar refractivity (Wildman–Crippen MR) is 77.6 cm³/mol. The van der Waals surface area contributed by atoms with Crippen LogP contribution in [-0.4, -0.2) is 45.2 Å². The van der Waals surface area contributed by atoms with Gasteiger partial charge in [-0.1, -0.05) is 0 Å². The molecule has 1 atom stereocenters. The van der Waals surface area contributed by atoms with Gasteiger partial charge in [-0.25, -0.2) is 21.2 Å². The molecule has 0 saturated carbocycles. The Hall–Kier alpha value is -1.19. The summed E-state index contributed by atoms with van der Waals surface area (Å²) in [6, 6.07) is 1.48. The number of hydrogen-bond donors (Lipinski definition) is 1. The summed E-state index contributed by atoms with van der Waals surface area (Å²) in [7, 11) is -7.13. The van der Waals surface area contributed by atoms with Gasteiger partial charge in [-0.05, 0) is 31.5 Å². The molecule has 9 heteroatoms. The fraction of sp³-hybridized carbons (Fsp3) is 0.500. The average molecular weight is 336 g/mol. The molecule has 0 bridgehead atoms. The van der Waals surface area contributed by atoms with E-state index in [1.165, 1.54) is 13.8 Å². The Bertz CT molecular complexity index is 775. The van der Waals surface area contributed by atoms with Crippen LogP contribution in [0.4, 0.5) is 10.1 Å². The van der Waals surface area contributed by atoms with Crippen molar-refractivity contribution in [3.63, 3.8) is 0 Å². The zero-order valence-corrected chi connectivity index (χ0v) is 13.3. The first kappa shape index (κ1) is 16.2. The van der Waals surface area contributed by atoms with Gasteiger partial charge in [-0.15, -0.1) is 0 Å². The molecule has 0 radical (unpaired) electrons. The monoisotopic (exact) mass is 336 g/mol. The highest BCUT2D eigenvalue weighted by molar-refractivity contribution is 7.92. The number of nitrogens with two attached hydrogens (primary N) is 1. The zero-order chi connectivity index (χ0) is 16.0. The van der Waals surface area contributed by atoms with E-state index < -0.39 is 31.7 Å². The lowest BCUT2D eigenvalue weighted by Gasteiger charge is -2.32. The molecule has 0 aliphatic carbocycles. The molecule has 118 valence electrons. The van der Waals surface area contributed by atoms with Gasteiger partial charge in [0.15, 0.2) is 9.84 Å². The molecular formula is C12H17FN2O4S2. The van der Waals surface area contributed by atoms with E-state index in [9.17, 15) is 21.2 Å². The van der Waals surface area contributed by atoms with Crippen molar-refractivity contribution in [1.82, 2.24) is 4.31 Å². The van der Waals surface area contributed by atoms with Crippen LogP contribution >= 0.6 is 0 Å². The number of sulfonamides is 1. The highest BCUT2D eigenvalue weighted by Gasteiger charge is 2.37. The Kier molecular flexibility index (Phi) is 4.02. The number of aryl methyl sites for hydroxylation is 1. The Labute approximate surface area is 123 Å². The van der Waals surface area contributed by atoms with Crippen LogP contribution in [0, 0.1) is 12.7 Å². The molecule has 21 heavy (non-hydrogen) atoms. The normalized spacial score (nSPS) is 23.1. The minimum atomic E-state index is -3.91. The van der Waals surface area contributed by atoms with Gasteiger partial charge in [0.2, 0.25) is 10.0 Å². The molecule has 0 amide bonds. The van der Waals surface area contributed by atoms with Crippen LogP contribution in [-0.2, 0) is 19.9 Å². The highest BCUT2D eigenvalue weighted by atomic mass is 32.2. The Morgan fingerprint density at radius 1 is 1.38 bits per heavy atom. The average Bonchev–Trinajstić information content (AvgIpc) is 2.31. The smallest absolute Gasteiger partial charge is 0.243 e. The number of anilines is 1. The third-order valence-electron chi connectivity index (χ3n) is 3.49. The summed E-state index contributed by atoms with van der Waals surface area (Å²) in [5.74, 6) is -1.12. The fourth-order valence-electron chi connectivity index (χ4n) is 2.41. The summed E-state index contributed by atoms with van der Waals surface area (Å²) < 4.78 is 62.9. The molecule has 1 unspecified atom stereocenters. The van der Waals surface area contributed by atoms with Crippen molar-refractivity contribution in [1.29, 1.82) is 0 Å². The first-order valence-electron chi connectivity index (χ1n) is 6.32. The summed E-state index contributed by atoms with van der Waals surface area (Å²) in [5, 5.41) is 0. The van der Waals surface area contributed by atoms with Gasteiger partial charge in [0.25, 0.3) is 0 Å². The minimum absolute atomic E-state index is 0.0902. The Balaban J connectivity index is 2.46. The summed E-state index contributed by atoms with van der Waals surface area (Å²) in [4.78, 5) is -0.0902. The largest absolute Gasteiger partial charge is 0.396 e. The lowest BCUT2D eigenvalue weighted by Crippen LogP contribution is -2.49. The lowest BCUT2D eigenvalue weighted by molar-refractivity contribution is 0.356. The quantitative estimate of drug-likeness (QED) is 0.794. The molecule has 1 aliphatic rings. The zero-order valence-electron chi connectivity index (χ0n) is 11.7. The number of halogens is 1. The standard InChI is InChI=1S/C12H17FN2O4S2/c1-8-5-10(13)11(14)6-12(8)21(18,19)15-3-4-20(16,17)7-9(15)2/h5-6,9H,3-4,7,14H2,1-2H3. The van der Waals surface area contributed by atoms with Crippen LogP contribution < -0.4 is 5.73 Å². The van der Waals surface area contributed by atoms with E-state index in [-0.39, 0.29) is 34.2 Å². The van der Waals surface area contributed by atoms with Crippen molar-refractivity contribution in [3.8, 4) is 0 Å². The number of nitrogen functional groups attached to an aromatic ring is 1. The second kappa shape index (κ2) is 5.22. The second-order valence-corrected chi connectivity index (χ2v) is 9.31. The molecule has 2 N–H and O–H groups in total.